The molecule has 3 amide bonds. The van der Waals surface area contributed by atoms with E-state index < -0.39 is 42.5 Å². The number of phenolic OH excluding ortho intramolecular Hbond substituents is 2. The summed E-state index contributed by atoms with van der Waals surface area (Å²) in [6.07, 6.45) is 1.62. The van der Waals surface area contributed by atoms with E-state index in [0.717, 1.165) is 6.42 Å². The summed E-state index contributed by atoms with van der Waals surface area (Å²) in [6.45, 7) is 0.226. The number of amides is 3. The summed E-state index contributed by atoms with van der Waals surface area (Å²) in [4.78, 5) is 49.5. The first-order chi connectivity index (χ1) is 17.2. The number of carboxylic acid groups (broad SMARTS) is 1. The number of nitrogens with one attached hydrogen (secondary N) is 4. The number of hydrogen-bond acceptors (Lipinski definition) is 7. The molecule has 3 rings (SSSR count). The SMILES string of the molecule is O=C(CNC(=O)C(Cc1ccc(O)cc1)NC(=O)C1CCCN1)NC(Cc1ccc(O)cc1)C(=O)O. The summed E-state index contributed by atoms with van der Waals surface area (Å²) in [5.41, 5.74) is 1.29. The number of phenols is 2. The first-order valence-corrected chi connectivity index (χ1v) is 11.6. The summed E-state index contributed by atoms with van der Waals surface area (Å²) in [7, 11) is 0. The first kappa shape index (κ1) is 26.5. The summed E-state index contributed by atoms with van der Waals surface area (Å²) < 4.78 is 0. The van der Waals surface area contributed by atoms with Gasteiger partial charge in [-0.3, -0.25) is 14.4 Å². The fourth-order valence-electron chi connectivity index (χ4n) is 3.86. The average Bonchev–Trinajstić information content (AvgIpc) is 3.39. The molecule has 11 heteroatoms. The normalized spacial score (nSPS) is 16.5. The molecule has 0 spiro atoms. The van der Waals surface area contributed by atoms with Crippen molar-refractivity contribution in [3.05, 3.63) is 59.7 Å². The minimum Gasteiger partial charge on any atom is -0.508 e. The molecule has 2 aromatic carbocycles. The lowest BCUT2D eigenvalue weighted by Gasteiger charge is -2.21. The number of rotatable bonds is 11. The van der Waals surface area contributed by atoms with Crippen LogP contribution in [-0.4, -0.2) is 70.2 Å². The molecular formula is C25H30N4O7. The van der Waals surface area contributed by atoms with E-state index in [0.29, 0.717) is 24.1 Å². The van der Waals surface area contributed by atoms with E-state index >= 15 is 0 Å². The zero-order valence-electron chi connectivity index (χ0n) is 19.6. The van der Waals surface area contributed by atoms with Gasteiger partial charge in [0.2, 0.25) is 17.7 Å². The van der Waals surface area contributed by atoms with Crippen LogP contribution in [0.1, 0.15) is 24.0 Å². The Hall–Kier alpha value is -4.12. The van der Waals surface area contributed by atoms with Gasteiger partial charge >= 0.3 is 5.97 Å². The molecule has 0 saturated carbocycles. The number of aliphatic carboxylic acids is 1. The largest absolute Gasteiger partial charge is 0.508 e. The summed E-state index contributed by atoms with van der Waals surface area (Å²) >= 11 is 0. The van der Waals surface area contributed by atoms with Crippen LogP contribution in [0.5, 0.6) is 11.5 Å². The highest BCUT2D eigenvalue weighted by Crippen LogP contribution is 2.13. The minimum atomic E-state index is -1.25. The van der Waals surface area contributed by atoms with E-state index in [-0.39, 0.29) is 30.2 Å². The second-order valence-corrected chi connectivity index (χ2v) is 8.63. The zero-order valence-corrected chi connectivity index (χ0v) is 19.6. The Balaban J connectivity index is 1.59. The van der Waals surface area contributed by atoms with Crippen molar-refractivity contribution in [2.75, 3.05) is 13.1 Å². The molecular weight excluding hydrogens is 468 g/mol. The standard InChI is InChI=1S/C25H30N4O7/c30-17-7-3-15(4-8-17)12-20(29-24(34)19-2-1-11-26-19)23(33)27-14-22(32)28-21(25(35)36)13-16-5-9-18(31)10-6-16/h3-10,19-21,26,30-31H,1-2,11-14H2,(H,27,33)(H,28,32)(H,29,34)(H,35,36). The lowest BCUT2D eigenvalue weighted by atomic mass is 10.0. The molecule has 11 nitrogen and oxygen atoms in total. The third kappa shape index (κ3) is 7.98. The van der Waals surface area contributed by atoms with Crippen molar-refractivity contribution in [2.24, 2.45) is 0 Å². The summed E-state index contributed by atoms with van der Waals surface area (Å²) in [5, 5.41) is 39.0. The maximum Gasteiger partial charge on any atom is 0.326 e. The van der Waals surface area contributed by atoms with Crippen LogP contribution < -0.4 is 21.3 Å². The number of benzene rings is 2. The molecule has 192 valence electrons. The van der Waals surface area contributed by atoms with Gasteiger partial charge in [0, 0.05) is 12.8 Å². The quantitative estimate of drug-likeness (QED) is 0.223. The van der Waals surface area contributed by atoms with Crippen LogP contribution in [0, 0.1) is 0 Å². The lowest BCUT2D eigenvalue weighted by Crippen LogP contribution is -2.54. The van der Waals surface area contributed by atoms with Crippen LogP contribution in [0.4, 0.5) is 0 Å². The maximum absolute atomic E-state index is 12.9. The van der Waals surface area contributed by atoms with Crippen LogP contribution >= 0.6 is 0 Å². The molecule has 1 aliphatic rings. The molecule has 3 unspecified atom stereocenters. The smallest absolute Gasteiger partial charge is 0.326 e. The van der Waals surface area contributed by atoms with Gasteiger partial charge in [0.15, 0.2) is 0 Å². The minimum absolute atomic E-state index is 0.0107. The van der Waals surface area contributed by atoms with Crippen LogP contribution in [0.2, 0.25) is 0 Å². The Kier molecular flexibility index (Phi) is 9.23. The van der Waals surface area contributed by atoms with Gasteiger partial charge in [0.05, 0.1) is 12.6 Å². The lowest BCUT2D eigenvalue weighted by molar-refractivity contribution is -0.141. The van der Waals surface area contributed by atoms with Gasteiger partial charge in [-0.05, 0) is 54.8 Å². The van der Waals surface area contributed by atoms with E-state index in [1.807, 2.05) is 0 Å². The fourth-order valence-corrected chi connectivity index (χ4v) is 3.86. The molecule has 1 heterocycles. The van der Waals surface area contributed by atoms with Gasteiger partial charge in [-0.15, -0.1) is 0 Å². The highest BCUT2D eigenvalue weighted by molar-refractivity contribution is 5.93. The van der Waals surface area contributed by atoms with Gasteiger partial charge in [0.1, 0.15) is 23.6 Å². The summed E-state index contributed by atoms with van der Waals surface area (Å²) in [5.74, 6) is -2.78. The second-order valence-electron chi connectivity index (χ2n) is 8.63. The van der Waals surface area contributed by atoms with Crippen LogP contribution in [0.15, 0.2) is 48.5 Å². The van der Waals surface area contributed by atoms with Crippen molar-refractivity contribution in [1.29, 1.82) is 0 Å². The van der Waals surface area contributed by atoms with E-state index in [1.165, 1.54) is 24.3 Å². The van der Waals surface area contributed by atoms with E-state index in [9.17, 15) is 34.5 Å². The highest BCUT2D eigenvalue weighted by atomic mass is 16.4. The predicted octanol–water partition coefficient (Wildman–Crippen LogP) is -0.195. The number of hydrogen-bond donors (Lipinski definition) is 7. The van der Waals surface area contributed by atoms with Crippen molar-refractivity contribution in [2.45, 2.75) is 43.8 Å². The summed E-state index contributed by atoms with van der Waals surface area (Å²) in [6, 6.07) is 9.51. The molecule has 2 aromatic rings. The molecule has 1 saturated heterocycles. The van der Waals surface area contributed by atoms with Crippen molar-refractivity contribution in [3.8, 4) is 11.5 Å². The number of carbonyl (C=O) groups is 4. The van der Waals surface area contributed by atoms with Gasteiger partial charge in [-0.2, -0.15) is 0 Å². The van der Waals surface area contributed by atoms with Crippen LogP contribution in [-0.2, 0) is 32.0 Å². The Bertz CT molecular complexity index is 1070. The molecule has 0 aromatic heterocycles. The van der Waals surface area contributed by atoms with E-state index in [4.69, 9.17) is 0 Å². The van der Waals surface area contributed by atoms with E-state index in [2.05, 4.69) is 21.3 Å². The molecule has 7 N–H and O–H groups in total. The van der Waals surface area contributed by atoms with Crippen molar-refractivity contribution < 1.29 is 34.5 Å². The number of carbonyl (C=O) groups excluding carboxylic acids is 3. The van der Waals surface area contributed by atoms with Gasteiger partial charge in [0.25, 0.3) is 0 Å². The predicted molar refractivity (Wildman–Crippen MR) is 129 cm³/mol. The Labute approximate surface area is 207 Å². The van der Waals surface area contributed by atoms with E-state index in [1.54, 1.807) is 24.3 Å². The molecule has 0 aliphatic carbocycles. The molecule has 0 bridgehead atoms. The third-order valence-corrected chi connectivity index (χ3v) is 5.82. The second kappa shape index (κ2) is 12.5. The van der Waals surface area contributed by atoms with Gasteiger partial charge in [-0.25, -0.2) is 4.79 Å². The number of carboxylic acids is 1. The van der Waals surface area contributed by atoms with Crippen molar-refractivity contribution in [1.82, 2.24) is 21.3 Å². The highest BCUT2D eigenvalue weighted by Gasteiger charge is 2.28. The average molecular weight is 499 g/mol. The fraction of sp³-hybridized carbons (Fsp3) is 0.360. The van der Waals surface area contributed by atoms with Crippen LogP contribution in [0.3, 0.4) is 0 Å². The molecule has 1 fully saturated rings. The van der Waals surface area contributed by atoms with Crippen molar-refractivity contribution >= 4 is 23.7 Å². The van der Waals surface area contributed by atoms with Crippen molar-refractivity contribution in [3.63, 3.8) is 0 Å². The maximum atomic E-state index is 12.9. The Morgan fingerprint density at radius 3 is 1.92 bits per heavy atom. The third-order valence-electron chi connectivity index (χ3n) is 5.82. The molecule has 1 aliphatic heterocycles. The van der Waals surface area contributed by atoms with Gasteiger partial charge < -0.3 is 36.6 Å². The number of aromatic hydroxyl groups is 2. The van der Waals surface area contributed by atoms with Gasteiger partial charge in [-0.1, -0.05) is 24.3 Å². The first-order valence-electron chi connectivity index (χ1n) is 11.6. The zero-order chi connectivity index (χ0) is 26.1. The molecule has 3 atom stereocenters. The molecule has 36 heavy (non-hydrogen) atoms. The van der Waals surface area contributed by atoms with Crippen LogP contribution in [0.25, 0.3) is 0 Å². The topological polar surface area (TPSA) is 177 Å². The Morgan fingerprint density at radius 1 is 0.861 bits per heavy atom. The molecule has 0 radical (unpaired) electrons. The monoisotopic (exact) mass is 498 g/mol. The Morgan fingerprint density at radius 2 is 1.42 bits per heavy atom.